The summed E-state index contributed by atoms with van der Waals surface area (Å²) in [6.45, 7) is 2.98. The van der Waals surface area contributed by atoms with E-state index in [0.717, 1.165) is 23.7 Å². The fourth-order valence-electron chi connectivity index (χ4n) is 4.18. The second-order valence-corrected chi connectivity index (χ2v) is 9.66. The van der Waals surface area contributed by atoms with Crippen LogP contribution >= 0.6 is 0 Å². The minimum atomic E-state index is -1.28. The molecule has 0 atom stereocenters. The molecule has 228 valence electrons. The number of amidine groups is 2. The molecule has 43 heavy (non-hydrogen) atoms. The molecule has 12 nitrogen and oxygen atoms in total. The maximum atomic E-state index is 15.9. The molecule has 3 aromatic rings. The fourth-order valence-corrected chi connectivity index (χ4v) is 4.18. The second kappa shape index (κ2) is 13.7. The molecule has 0 fully saturated rings. The summed E-state index contributed by atoms with van der Waals surface area (Å²) < 4.78 is 48.2. The summed E-state index contributed by atoms with van der Waals surface area (Å²) in [5, 5.41) is 22.2. The zero-order valence-electron chi connectivity index (χ0n) is 23.9. The van der Waals surface area contributed by atoms with Gasteiger partial charge in [-0.3, -0.25) is 9.79 Å². The lowest BCUT2D eigenvalue weighted by Crippen LogP contribution is -2.29. The Kier molecular flexibility index (Phi) is 9.80. The summed E-state index contributed by atoms with van der Waals surface area (Å²) in [6, 6.07) is 10.4. The van der Waals surface area contributed by atoms with Crippen molar-refractivity contribution in [2.45, 2.75) is 19.8 Å². The summed E-state index contributed by atoms with van der Waals surface area (Å²) in [5.74, 6) is -4.79. The molecule has 0 radical (unpaired) electrons. The van der Waals surface area contributed by atoms with Crippen molar-refractivity contribution < 1.29 is 38.1 Å². The number of aromatic nitrogens is 1. The maximum Gasteiger partial charge on any atom is 0.325 e. The zero-order chi connectivity index (χ0) is 31.1. The number of hydrogen-bond acceptors (Lipinski definition) is 11. The number of phenolic OH excluding ortho intramolecular Hbond substituents is 1. The Morgan fingerprint density at radius 2 is 1.91 bits per heavy atom. The highest BCUT2D eigenvalue weighted by Crippen LogP contribution is 2.39. The number of rotatable bonds is 12. The smallest absolute Gasteiger partial charge is 0.325 e. The van der Waals surface area contributed by atoms with Crippen LogP contribution in [0.3, 0.4) is 0 Å². The number of nitrogens with zero attached hydrogens (tertiary/aromatic N) is 5. The molecule has 14 heteroatoms. The number of anilines is 1. The molecule has 2 heterocycles. The third-order valence-corrected chi connectivity index (χ3v) is 6.44. The molecular weight excluding hydrogens is 566 g/mol. The highest BCUT2D eigenvalue weighted by molar-refractivity contribution is 6.00. The Balaban J connectivity index is 1.74. The van der Waals surface area contributed by atoms with E-state index < -0.39 is 47.3 Å². The largest absolute Gasteiger partial charge is 0.504 e. The van der Waals surface area contributed by atoms with Crippen LogP contribution in [-0.4, -0.2) is 78.2 Å². The van der Waals surface area contributed by atoms with Crippen molar-refractivity contribution in [3.63, 3.8) is 0 Å². The Morgan fingerprint density at radius 1 is 1.16 bits per heavy atom. The molecule has 0 aliphatic carbocycles. The molecule has 0 amide bonds. The van der Waals surface area contributed by atoms with Crippen LogP contribution in [0.5, 0.6) is 29.0 Å². The molecule has 0 saturated carbocycles. The van der Waals surface area contributed by atoms with Gasteiger partial charge in [0.25, 0.3) is 11.8 Å². The number of phenols is 1. The van der Waals surface area contributed by atoms with Crippen LogP contribution in [0.25, 0.3) is 0 Å². The maximum absolute atomic E-state index is 15.9. The summed E-state index contributed by atoms with van der Waals surface area (Å²) in [4.78, 5) is 23.7. The number of ether oxygens (including phenoxy) is 3. The Morgan fingerprint density at radius 3 is 2.58 bits per heavy atom. The first-order valence-corrected chi connectivity index (χ1v) is 13.4. The standard InChI is InChI=1S/C29H32F2N6O6/c1-4-5-13-41-22(39)16-37(3)25-23(30)28(42-19-8-6-7-18(14-19)27-33-11-12-36(27)2)34-29(24(25)31)43-21-15-17(26(32)35-40)9-10-20(21)38/h6-10,14-15,38,40H,4-5,11-13,16H2,1-3H3,(H2,32,35). The van der Waals surface area contributed by atoms with Gasteiger partial charge in [-0.05, 0) is 36.8 Å². The predicted molar refractivity (Wildman–Crippen MR) is 155 cm³/mol. The van der Waals surface area contributed by atoms with Crippen LogP contribution < -0.4 is 20.1 Å². The Hall–Kier alpha value is -5.14. The number of nitrogens with two attached hydrogens (primary N) is 1. The number of aromatic hydroxyl groups is 1. The van der Waals surface area contributed by atoms with Crippen molar-refractivity contribution in [1.29, 1.82) is 0 Å². The molecule has 4 N–H and O–H groups in total. The van der Waals surface area contributed by atoms with Crippen LogP contribution in [0.1, 0.15) is 30.9 Å². The molecule has 0 spiro atoms. The van der Waals surface area contributed by atoms with Gasteiger partial charge in [-0.2, -0.15) is 13.8 Å². The van der Waals surface area contributed by atoms with Crippen molar-refractivity contribution >= 4 is 23.3 Å². The first-order valence-electron chi connectivity index (χ1n) is 13.4. The van der Waals surface area contributed by atoms with Gasteiger partial charge >= 0.3 is 5.97 Å². The number of hydrogen-bond donors (Lipinski definition) is 3. The molecule has 0 saturated heterocycles. The third kappa shape index (κ3) is 7.20. The van der Waals surface area contributed by atoms with Gasteiger partial charge in [-0.15, -0.1) is 0 Å². The molecular formula is C29H32F2N6O6. The molecule has 0 unspecified atom stereocenters. The Bertz CT molecular complexity index is 1550. The van der Waals surface area contributed by atoms with Gasteiger partial charge < -0.3 is 40.1 Å². The first-order chi connectivity index (χ1) is 20.6. The number of aliphatic imine (C=N–C) groups is 1. The number of oxime groups is 1. The van der Waals surface area contributed by atoms with E-state index in [4.69, 9.17) is 25.2 Å². The number of halogens is 2. The van der Waals surface area contributed by atoms with E-state index in [2.05, 4.69) is 15.1 Å². The summed E-state index contributed by atoms with van der Waals surface area (Å²) in [7, 11) is 3.19. The van der Waals surface area contributed by atoms with Gasteiger partial charge in [0.1, 0.15) is 23.8 Å². The summed E-state index contributed by atoms with van der Waals surface area (Å²) in [6.07, 6.45) is 1.44. The summed E-state index contributed by atoms with van der Waals surface area (Å²) >= 11 is 0. The minimum Gasteiger partial charge on any atom is -0.504 e. The molecule has 1 aromatic heterocycles. The number of likely N-dealkylation sites (N-methyl/N-ethyl adjacent to an activating group) is 2. The lowest BCUT2D eigenvalue weighted by molar-refractivity contribution is -0.142. The van der Waals surface area contributed by atoms with E-state index in [-0.39, 0.29) is 29.5 Å². The normalized spacial score (nSPS) is 13.1. The van der Waals surface area contributed by atoms with E-state index >= 15 is 8.78 Å². The lowest BCUT2D eigenvalue weighted by Gasteiger charge is -2.22. The van der Waals surface area contributed by atoms with Crippen LogP contribution in [-0.2, 0) is 9.53 Å². The number of carbonyl (C=O) groups excluding carboxylic acids is 1. The van der Waals surface area contributed by atoms with Crippen LogP contribution in [0, 0.1) is 11.6 Å². The molecule has 0 bridgehead atoms. The fraction of sp³-hybridized carbons (Fsp3) is 0.310. The third-order valence-electron chi connectivity index (χ3n) is 6.44. The highest BCUT2D eigenvalue weighted by atomic mass is 19.1. The van der Waals surface area contributed by atoms with Gasteiger partial charge in [0.15, 0.2) is 17.3 Å². The molecule has 4 rings (SSSR count). The van der Waals surface area contributed by atoms with Crippen molar-refractivity contribution in [3.8, 4) is 29.0 Å². The minimum absolute atomic E-state index is 0.137. The zero-order valence-corrected chi connectivity index (χ0v) is 23.9. The average molecular weight is 599 g/mol. The molecule has 2 aromatic carbocycles. The Labute approximate surface area is 246 Å². The van der Waals surface area contributed by atoms with E-state index in [1.165, 1.54) is 25.2 Å². The predicted octanol–water partition coefficient (Wildman–Crippen LogP) is 4.22. The van der Waals surface area contributed by atoms with Gasteiger partial charge in [0, 0.05) is 31.8 Å². The average Bonchev–Trinajstić information content (AvgIpc) is 3.42. The van der Waals surface area contributed by atoms with E-state index in [9.17, 15) is 9.90 Å². The van der Waals surface area contributed by atoms with Gasteiger partial charge in [0.2, 0.25) is 11.6 Å². The number of pyridine rings is 1. The van der Waals surface area contributed by atoms with E-state index in [0.29, 0.717) is 18.5 Å². The number of carbonyl (C=O) groups is 1. The van der Waals surface area contributed by atoms with E-state index in [1.54, 1.807) is 18.2 Å². The van der Waals surface area contributed by atoms with Gasteiger partial charge in [0.05, 0.1) is 13.2 Å². The van der Waals surface area contributed by atoms with Crippen molar-refractivity contribution in [1.82, 2.24) is 9.88 Å². The highest BCUT2D eigenvalue weighted by Gasteiger charge is 2.28. The number of esters is 1. The van der Waals surface area contributed by atoms with Gasteiger partial charge in [-0.25, -0.2) is 0 Å². The van der Waals surface area contributed by atoms with Crippen molar-refractivity contribution in [3.05, 3.63) is 65.2 Å². The SMILES string of the molecule is CCCCOC(=O)CN(C)c1c(F)c(Oc2cccc(C3=NCCN3C)c2)nc(Oc2cc(/C(N)=N/O)ccc2O)c1F. The van der Waals surface area contributed by atoms with Gasteiger partial charge in [-0.1, -0.05) is 30.6 Å². The number of benzene rings is 2. The topological polar surface area (TPSA) is 155 Å². The molecule has 1 aliphatic rings. The monoisotopic (exact) mass is 598 g/mol. The van der Waals surface area contributed by atoms with Crippen molar-refractivity contribution in [2.75, 3.05) is 45.2 Å². The van der Waals surface area contributed by atoms with Crippen LogP contribution in [0.2, 0.25) is 0 Å². The second-order valence-electron chi connectivity index (χ2n) is 9.66. The lowest BCUT2D eigenvalue weighted by atomic mass is 10.2. The van der Waals surface area contributed by atoms with Crippen molar-refractivity contribution in [2.24, 2.45) is 15.9 Å². The number of unbranched alkanes of at least 4 members (excludes halogenated alkanes) is 1. The summed E-state index contributed by atoms with van der Waals surface area (Å²) in [5.41, 5.74) is 5.80. The van der Waals surface area contributed by atoms with Crippen LogP contribution in [0.15, 0.2) is 52.6 Å². The van der Waals surface area contributed by atoms with Crippen LogP contribution in [0.4, 0.5) is 14.5 Å². The quantitative estimate of drug-likeness (QED) is 0.0689. The van der Waals surface area contributed by atoms with E-state index in [1.807, 2.05) is 24.9 Å². The molecule has 1 aliphatic heterocycles. The first kappa shape index (κ1) is 30.8.